The molecule has 1 aromatic heterocycles. The van der Waals surface area contributed by atoms with Crippen molar-refractivity contribution in [1.82, 2.24) is 4.98 Å². The molecule has 1 saturated carbocycles. The van der Waals surface area contributed by atoms with Crippen molar-refractivity contribution in [1.29, 1.82) is 0 Å². The van der Waals surface area contributed by atoms with Crippen LogP contribution >= 0.6 is 0 Å². The predicted molar refractivity (Wildman–Crippen MR) is 79.3 cm³/mol. The summed E-state index contributed by atoms with van der Waals surface area (Å²) in [6.07, 6.45) is 6.26. The zero-order chi connectivity index (χ0) is 15.0. The largest absolute Gasteiger partial charge is 0.368 e. The first-order valence-corrected chi connectivity index (χ1v) is 7.42. The minimum Gasteiger partial charge on any atom is -0.368 e. The van der Waals surface area contributed by atoms with Crippen LogP contribution in [0.2, 0.25) is 0 Å². The van der Waals surface area contributed by atoms with E-state index in [2.05, 4.69) is 11.4 Å². The quantitative estimate of drug-likeness (QED) is 0.899. The van der Waals surface area contributed by atoms with E-state index in [0.29, 0.717) is 12.2 Å². The maximum atomic E-state index is 13.0. The summed E-state index contributed by atoms with van der Waals surface area (Å²) in [7, 11) is 0. The number of carbonyl (C=O) groups excluding carboxylic acids is 2. The second kappa shape index (κ2) is 5.13. The van der Waals surface area contributed by atoms with Gasteiger partial charge in [-0.3, -0.25) is 14.5 Å². The van der Waals surface area contributed by atoms with E-state index in [9.17, 15) is 9.59 Å². The highest BCUT2D eigenvalue weighted by molar-refractivity contribution is 6.06. The number of carbonyl (C=O) groups is 2. The van der Waals surface area contributed by atoms with Crippen LogP contribution in [0.25, 0.3) is 0 Å². The van der Waals surface area contributed by atoms with Gasteiger partial charge in [-0.05, 0) is 44.7 Å². The Labute approximate surface area is 124 Å². The number of nitrogens with two attached hydrogens (primary N) is 1. The van der Waals surface area contributed by atoms with E-state index in [0.717, 1.165) is 31.4 Å². The number of aryl methyl sites for hydroxylation is 1. The normalized spacial score (nSPS) is 24.5. The van der Waals surface area contributed by atoms with Crippen molar-refractivity contribution in [3.8, 4) is 0 Å². The number of aromatic nitrogens is 1. The van der Waals surface area contributed by atoms with Crippen molar-refractivity contribution in [2.75, 3.05) is 4.90 Å². The number of nitrogens with zero attached hydrogens (tertiary/aromatic N) is 2. The van der Waals surface area contributed by atoms with Gasteiger partial charge in [-0.15, -0.1) is 0 Å². The van der Waals surface area contributed by atoms with Gasteiger partial charge in [0.2, 0.25) is 11.8 Å². The van der Waals surface area contributed by atoms with Crippen molar-refractivity contribution < 1.29 is 9.59 Å². The van der Waals surface area contributed by atoms with Gasteiger partial charge in [-0.25, -0.2) is 4.98 Å². The molecule has 3 rings (SSSR count). The first-order valence-electron chi connectivity index (χ1n) is 7.42. The molecule has 1 radical (unpaired) electrons. The molecule has 0 aromatic carbocycles. The fraction of sp³-hybridized carbons (Fsp3) is 0.500. The minimum atomic E-state index is -0.585. The average Bonchev–Trinajstić information content (AvgIpc) is 2.74. The monoisotopic (exact) mass is 286 g/mol. The molecule has 2 aliphatic rings. The summed E-state index contributed by atoms with van der Waals surface area (Å²) in [5.74, 6) is 0.0840. The molecule has 111 valence electrons. The summed E-state index contributed by atoms with van der Waals surface area (Å²) in [5.41, 5.74) is 5.91. The summed E-state index contributed by atoms with van der Waals surface area (Å²) < 4.78 is 0. The van der Waals surface area contributed by atoms with Gasteiger partial charge in [0.05, 0.1) is 5.41 Å². The van der Waals surface area contributed by atoms with Crippen LogP contribution in [-0.4, -0.2) is 22.8 Å². The lowest BCUT2D eigenvalue weighted by Gasteiger charge is -2.31. The molecule has 2 unspecified atom stereocenters. The van der Waals surface area contributed by atoms with Gasteiger partial charge in [0, 0.05) is 5.69 Å². The van der Waals surface area contributed by atoms with Crippen LogP contribution < -0.4 is 10.6 Å². The van der Waals surface area contributed by atoms with Crippen LogP contribution in [0, 0.1) is 18.8 Å². The Morgan fingerprint density at radius 2 is 2.29 bits per heavy atom. The van der Waals surface area contributed by atoms with Crippen molar-refractivity contribution in [3.05, 3.63) is 30.3 Å². The standard InChI is InChI=1S/C16H20N3O2/c1-11-6-5-7-13(18-11)19-12(14(17)20)10-16(15(19)21)8-3-2-4-9-16/h3,5-7,12H,2,4,8-10H2,1H3,(H2,17,20). The maximum absolute atomic E-state index is 13.0. The highest BCUT2D eigenvalue weighted by atomic mass is 16.2. The molecule has 2 N–H and O–H groups in total. The lowest BCUT2D eigenvalue weighted by molar-refractivity contribution is -0.126. The van der Waals surface area contributed by atoms with Crippen LogP contribution in [0.4, 0.5) is 5.82 Å². The molecule has 2 fully saturated rings. The molecule has 1 aliphatic carbocycles. The minimum absolute atomic E-state index is 0.000324. The Morgan fingerprint density at radius 1 is 1.48 bits per heavy atom. The molecule has 5 heteroatoms. The third-order valence-electron chi connectivity index (χ3n) is 4.62. The van der Waals surface area contributed by atoms with Crippen molar-refractivity contribution >= 4 is 17.6 Å². The fourth-order valence-electron chi connectivity index (χ4n) is 3.54. The third-order valence-corrected chi connectivity index (χ3v) is 4.62. The van der Waals surface area contributed by atoms with E-state index in [4.69, 9.17) is 5.73 Å². The Hall–Kier alpha value is -1.91. The number of rotatable bonds is 2. The molecule has 1 saturated heterocycles. The second-order valence-electron chi connectivity index (χ2n) is 6.10. The van der Waals surface area contributed by atoms with Crippen molar-refractivity contribution in [3.63, 3.8) is 0 Å². The highest BCUT2D eigenvalue weighted by Gasteiger charge is 2.54. The van der Waals surface area contributed by atoms with E-state index < -0.39 is 17.4 Å². The number of amides is 2. The van der Waals surface area contributed by atoms with Gasteiger partial charge >= 0.3 is 0 Å². The summed E-state index contributed by atoms with van der Waals surface area (Å²) in [6, 6.07) is 4.90. The Morgan fingerprint density at radius 3 is 2.90 bits per heavy atom. The first kappa shape index (κ1) is 14.0. The molecule has 0 bridgehead atoms. The number of hydrogen-bond donors (Lipinski definition) is 1. The van der Waals surface area contributed by atoms with E-state index in [1.807, 2.05) is 19.1 Å². The van der Waals surface area contributed by atoms with E-state index >= 15 is 0 Å². The maximum Gasteiger partial charge on any atom is 0.240 e. The van der Waals surface area contributed by atoms with Crippen LogP contribution in [0.5, 0.6) is 0 Å². The molecule has 2 heterocycles. The Balaban J connectivity index is 2.00. The molecular weight excluding hydrogens is 266 g/mol. The second-order valence-corrected chi connectivity index (χ2v) is 6.10. The summed E-state index contributed by atoms with van der Waals surface area (Å²) in [5, 5.41) is 0. The Kier molecular flexibility index (Phi) is 3.43. The Bertz CT molecular complexity index is 579. The van der Waals surface area contributed by atoms with E-state index in [1.54, 1.807) is 6.07 Å². The van der Waals surface area contributed by atoms with Crippen LogP contribution in [0.1, 0.15) is 37.8 Å². The third kappa shape index (κ3) is 2.30. The number of hydrogen-bond acceptors (Lipinski definition) is 3. The molecule has 1 aliphatic heterocycles. The molecule has 5 nitrogen and oxygen atoms in total. The smallest absolute Gasteiger partial charge is 0.240 e. The summed E-state index contributed by atoms with van der Waals surface area (Å²) in [4.78, 5) is 30.7. The average molecular weight is 286 g/mol. The van der Waals surface area contributed by atoms with Gasteiger partial charge in [0.15, 0.2) is 0 Å². The van der Waals surface area contributed by atoms with Crippen molar-refractivity contribution in [2.45, 2.75) is 45.1 Å². The van der Waals surface area contributed by atoms with Gasteiger partial charge in [-0.2, -0.15) is 0 Å². The van der Waals surface area contributed by atoms with Crippen LogP contribution in [-0.2, 0) is 9.59 Å². The highest BCUT2D eigenvalue weighted by Crippen LogP contribution is 2.47. The zero-order valence-corrected chi connectivity index (χ0v) is 12.2. The molecule has 2 atom stereocenters. The molecule has 1 spiro atoms. The first-order chi connectivity index (χ1) is 10.0. The van der Waals surface area contributed by atoms with E-state index in [1.165, 1.54) is 4.90 Å². The zero-order valence-electron chi connectivity index (χ0n) is 12.2. The SMILES string of the molecule is Cc1cccc(N2C(=O)C3(C[CH]CCC3)CC2C(N)=O)n1. The molecule has 21 heavy (non-hydrogen) atoms. The molecular formula is C16H20N3O2. The summed E-state index contributed by atoms with van der Waals surface area (Å²) in [6.45, 7) is 1.87. The van der Waals surface area contributed by atoms with Crippen molar-refractivity contribution in [2.24, 2.45) is 11.1 Å². The molecule has 1 aromatic rings. The van der Waals surface area contributed by atoms with Crippen LogP contribution in [0.3, 0.4) is 0 Å². The predicted octanol–water partition coefficient (Wildman–Crippen LogP) is 1.75. The number of anilines is 1. The number of primary amides is 1. The van der Waals surface area contributed by atoms with Gasteiger partial charge in [-0.1, -0.05) is 18.9 Å². The number of pyridine rings is 1. The summed E-state index contributed by atoms with van der Waals surface area (Å²) >= 11 is 0. The van der Waals surface area contributed by atoms with E-state index in [-0.39, 0.29) is 5.91 Å². The topological polar surface area (TPSA) is 76.3 Å². The lowest BCUT2D eigenvalue weighted by atomic mass is 9.72. The lowest BCUT2D eigenvalue weighted by Crippen LogP contribution is -2.43. The fourth-order valence-corrected chi connectivity index (χ4v) is 3.54. The van der Waals surface area contributed by atoms with Crippen LogP contribution in [0.15, 0.2) is 18.2 Å². The van der Waals surface area contributed by atoms with Gasteiger partial charge in [0.1, 0.15) is 11.9 Å². The molecule has 2 amide bonds. The van der Waals surface area contributed by atoms with Gasteiger partial charge in [0.25, 0.3) is 0 Å². The van der Waals surface area contributed by atoms with Gasteiger partial charge < -0.3 is 5.73 Å².